The maximum absolute atomic E-state index is 13.9. The molecule has 4 aromatic rings. The molecule has 5 rings (SSSR count). The van der Waals surface area contributed by atoms with E-state index in [2.05, 4.69) is 63.7 Å². The lowest BCUT2D eigenvalue weighted by molar-refractivity contribution is 0.00527. The predicted molar refractivity (Wildman–Crippen MR) is 187 cm³/mol. The quantitative estimate of drug-likeness (QED) is 0.0457. The molecule has 0 N–H and O–H groups in total. The van der Waals surface area contributed by atoms with E-state index in [4.69, 9.17) is 51.1 Å². The highest BCUT2D eigenvalue weighted by Gasteiger charge is 2.46. The van der Waals surface area contributed by atoms with Crippen LogP contribution in [0, 0.1) is 0 Å². The van der Waals surface area contributed by atoms with Crippen LogP contribution in [-0.2, 0) is 0 Å². The highest BCUT2D eigenvalue weighted by molar-refractivity contribution is 9.15. The molecule has 0 bridgehead atoms. The third-order valence-corrected chi connectivity index (χ3v) is 12.4. The summed E-state index contributed by atoms with van der Waals surface area (Å²) in [7, 11) is 0. The average Bonchev–Trinajstić information content (AvgIpc) is 3.27. The van der Waals surface area contributed by atoms with Gasteiger partial charge in [-0.25, -0.2) is 9.80 Å². The molecule has 0 saturated carbocycles. The molecule has 0 spiro atoms. The number of rotatable bonds is 7. The average molecular weight is 958 g/mol. The Morgan fingerprint density at radius 1 is 0.674 bits per heavy atom. The number of fused-ring (bicyclic) bond motifs is 1. The van der Waals surface area contributed by atoms with Crippen molar-refractivity contribution in [3.8, 4) is 5.75 Å². The van der Waals surface area contributed by atoms with Gasteiger partial charge in [-0.1, -0.05) is 46.4 Å². The molecule has 16 heteroatoms. The highest BCUT2D eigenvalue weighted by atomic mass is 79.9. The molecule has 46 heavy (non-hydrogen) atoms. The van der Waals surface area contributed by atoms with Crippen molar-refractivity contribution in [3.63, 3.8) is 0 Å². The minimum atomic E-state index is -0.916. The van der Waals surface area contributed by atoms with Gasteiger partial charge in [-0.2, -0.15) is 5.01 Å². The lowest BCUT2D eigenvalue weighted by Gasteiger charge is -2.29. The summed E-state index contributed by atoms with van der Waals surface area (Å²) in [5, 5.41) is 1.94. The van der Waals surface area contributed by atoms with Gasteiger partial charge in [0, 0.05) is 33.5 Å². The van der Waals surface area contributed by atoms with Crippen molar-refractivity contribution in [1.29, 1.82) is 0 Å². The Bertz CT molecular complexity index is 1960. The van der Waals surface area contributed by atoms with Gasteiger partial charge in [0.25, 0.3) is 17.7 Å². The fourth-order valence-corrected chi connectivity index (χ4v) is 7.78. The van der Waals surface area contributed by atoms with E-state index in [-0.39, 0.29) is 57.6 Å². The van der Waals surface area contributed by atoms with Crippen LogP contribution in [0.3, 0.4) is 0 Å². The summed E-state index contributed by atoms with van der Waals surface area (Å²) < 4.78 is 6.75. The molecule has 0 aliphatic carbocycles. The first-order valence-electron chi connectivity index (χ1n) is 12.5. The minimum absolute atomic E-state index is 0.0358. The number of Topliss-reactive ketones (excluding diaryl/α,β-unsaturated/α-hetero) is 1. The standard InChI is InChI=1S/C30H12Br4Cl4N2O6/c31-23-21-22(24(32)26(34)25(23)33)29(44)40(28(21)43)39(27(42)16-7-3-13(35)9-18(16)37)11-20(41)12-1-5-15(6-2-12)46-30(45)17-8-4-14(36)10-19(17)38/h1-10H,11H2. The molecule has 0 saturated heterocycles. The highest BCUT2D eigenvalue weighted by Crippen LogP contribution is 2.45. The van der Waals surface area contributed by atoms with Crippen LogP contribution >= 0.6 is 110 Å². The molecule has 0 fully saturated rings. The third-order valence-electron chi connectivity index (χ3n) is 6.55. The van der Waals surface area contributed by atoms with E-state index >= 15 is 0 Å². The second-order valence-corrected chi connectivity index (χ2v) is 14.2. The molecule has 1 aliphatic rings. The molecule has 0 radical (unpaired) electrons. The van der Waals surface area contributed by atoms with Gasteiger partial charge in [-0.05, 0) is 124 Å². The molecule has 3 amide bonds. The van der Waals surface area contributed by atoms with Gasteiger partial charge in [0.05, 0.1) is 32.3 Å². The maximum atomic E-state index is 13.9. The van der Waals surface area contributed by atoms with Crippen molar-refractivity contribution in [1.82, 2.24) is 10.0 Å². The summed E-state index contributed by atoms with van der Waals surface area (Å²) in [4.78, 5) is 67.7. The zero-order valence-corrected chi connectivity index (χ0v) is 31.7. The number of esters is 1. The molecule has 4 aromatic carbocycles. The number of hydrogen-bond acceptors (Lipinski definition) is 6. The molecule has 234 valence electrons. The molecule has 0 atom stereocenters. The van der Waals surface area contributed by atoms with Crippen LogP contribution in [0.2, 0.25) is 20.1 Å². The van der Waals surface area contributed by atoms with Crippen molar-refractivity contribution in [2.75, 3.05) is 6.54 Å². The van der Waals surface area contributed by atoms with E-state index in [0.717, 1.165) is 5.01 Å². The zero-order valence-electron chi connectivity index (χ0n) is 22.3. The zero-order chi connectivity index (χ0) is 33.6. The van der Waals surface area contributed by atoms with Crippen molar-refractivity contribution >= 4 is 140 Å². The van der Waals surface area contributed by atoms with E-state index in [1.165, 1.54) is 60.7 Å². The lowest BCUT2D eigenvalue weighted by Crippen LogP contribution is -2.51. The van der Waals surface area contributed by atoms with Crippen LogP contribution in [0.15, 0.2) is 78.6 Å². The maximum Gasteiger partial charge on any atom is 0.345 e. The Balaban J connectivity index is 1.47. The number of hydrogen-bond donors (Lipinski definition) is 0. The second kappa shape index (κ2) is 14.1. The van der Waals surface area contributed by atoms with Gasteiger partial charge in [0.2, 0.25) is 0 Å². The first-order valence-corrected chi connectivity index (χ1v) is 17.2. The summed E-state index contributed by atoms with van der Waals surface area (Å²) in [6.07, 6.45) is 0. The SMILES string of the molecule is O=C(CN(C(=O)c1ccc(Cl)cc1Cl)N1C(=O)c2c(Br)c(Br)c(Br)c(Br)c2C1=O)c1ccc(OC(=O)c2ccc(Cl)cc2Cl)cc1. The van der Waals surface area contributed by atoms with Crippen molar-refractivity contribution in [2.24, 2.45) is 0 Å². The Hall–Kier alpha value is -2.29. The minimum Gasteiger partial charge on any atom is -0.423 e. The molecule has 0 unspecified atom stereocenters. The Labute approximate surface area is 314 Å². The van der Waals surface area contributed by atoms with Crippen molar-refractivity contribution in [2.45, 2.75) is 0 Å². The topological polar surface area (TPSA) is 101 Å². The summed E-state index contributed by atoms with van der Waals surface area (Å²) in [5.41, 5.74) is -0.0231. The van der Waals surface area contributed by atoms with Crippen LogP contribution in [0.25, 0.3) is 0 Å². The number of halogens is 8. The Kier molecular flexibility index (Phi) is 10.7. The Morgan fingerprint density at radius 2 is 1.15 bits per heavy atom. The first kappa shape index (κ1) is 35.0. The third kappa shape index (κ3) is 6.68. The van der Waals surface area contributed by atoms with E-state index in [9.17, 15) is 24.0 Å². The van der Waals surface area contributed by atoms with Gasteiger partial charge >= 0.3 is 5.97 Å². The number of carbonyl (C=O) groups is 5. The number of hydrazine groups is 1. The number of amides is 3. The lowest BCUT2D eigenvalue weighted by atomic mass is 10.1. The van der Waals surface area contributed by atoms with Crippen LogP contribution < -0.4 is 4.74 Å². The van der Waals surface area contributed by atoms with Gasteiger partial charge in [0.15, 0.2) is 5.78 Å². The molecule has 8 nitrogen and oxygen atoms in total. The second-order valence-electron chi connectivity index (χ2n) is 9.38. The summed E-state index contributed by atoms with van der Waals surface area (Å²) >= 11 is 37.7. The summed E-state index contributed by atoms with van der Waals surface area (Å²) in [6, 6.07) is 13.8. The van der Waals surface area contributed by atoms with Gasteiger partial charge < -0.3 is 4.74 Å². The predicted octanol–water partition coefficient (Wildman–Crippen LogP) is 10.1. The van der Waals surface area contributed by atoms with Crippen molar-refractivity contribution in [3.05, 3.63) is 126 Å². The van der Waals surface area contributed by atoms with Gasteiger partial charge in [-0.3, -0.25) is 19.2 Å². The molecule has 1 heterocycles. The van der Waals surface area contributed by atoms with Gasteiger partial charge in [0.1, 0.15) is 12.3 Å². The molecule has 0 aromatic heterocycles. The van der Waals surface area contributed by atoms with E-state index < -0.39 is 36.0 Å². The molecular weight excluding hydrogens is 946 g/mol. The monoisotopic (exact) mass is 952 g/mol. The smallest absolute Gasteiger partial charge is 0.345 e. The molecular formula is C30H12Br4Cl4N2O6. The van der Waals surface area contributed by atoms with Gasteiger partial charge in [-0.15, -0.1) is 0 Å². The van der Waals surface area contributed by atoms with Crippen LogP contribution in [0.1, 0.15) is 51.8 Å². The van der Waals surface area contributed by atoms with E-state index in [0.29, 0.717) is 19.0 Å². The van der Waals surface area contributed by atoms with Crippen LogP contribution in [0.5, 0.6) is 5.75 Å². The largest absolute Gasteiger partial charge is 0.423 e. The fraction of sp³-hybridized carbons (Fsp3) is 0.0333. The van der Waals surface area contributed by atoms with Crippen LogP contribution in [0.4, 0.5) is 0 Å². The summed E-state index contributed by atoms with van der Waals surface area (Å²) in [6.45, 7) is -0.750. The number of imide groups is 1. The fourth-order valence-electron chi connectivity index (χ4n) is 4.35. The number of carbonyl (C=O) groups excluding carboxylic acids is 5. The Morgan fingerprint density at radius 3 is 1.63 bits per heavy atom. The summed E-state index contributed by atoms with van der Waals surface area (Å²) in [5.74, 6) is -3.96. The first-order chi connectivity index (χ1) is 21.7. The van der Waals surface area contributed by atoms with E-state index in [1.807, 2.05) is 0 Å². The number of ether oxygens (including phenoxy) is 1. The number of ketones is 1. The number of benzene rings is 4. The van der Waals surface area contributed by atoms with Crippen molar-refractivity contribution < 1.29 is 28.7 Å². The van der Waals surface area contributed by atoms with Crippen LogP contribution in [-0.4, -0.2) is 46.0 Å². The molecule has 1 aliphatic heterocycles. The number of nitrogens with zero attached hydrogens (tertiary/aromatic N) is 2. The normalized spacial score (nSPS) is 12.3. The van der Waals surface area contributed by atoms with E-state index in [1.54, 1.807) is 0 Å².